The van der Waals surface area contributed by atoms with E-state index in [0.717, 1.165) is 5.92 Å². The van der Waals surface area contributed by atoms with Gasteiger partial charge in [0.15, 0.2) is 0 Å². The monoisotopic (exact) mass is 197 g/mol. The molecule has 0 aromatic rings. The Balaban J connectivity index is 2.19. The Labute approximate surface area is 85.5 Å². The van der Waals surface area contributed by atoms with Crippen LogP contribution in [0.2, 0.25) is 0 Å². The number of hydrogen-bond acceptors (Lipinski definition) is 3. The molecule has 0 aromatic heterocycles. The normalized spacial score (nSPS) is 27.6. The lowest BCUT2D eigenvalue weighted by molar-refractivity contribution is -0.134. The van der Waals surface area contributed by atoms with Gasteiger partial charge in [-0.15, -0.1) is 0 Å². The van der Waals surface area contributed by atoms with Crippen molar-refractivity contribution in [2.45, 2.75) is 38.6 Å². The number of nitrogens with one attached hydrogen (secondary N) is 1. The Bertz CT molecular complexity index is 205. The van der Waals surface area contributed by atoms with Crippen molar-refractivity contribution in [3.63, 3.8) is 0 Å². The molecule has 1 aliphatic carbocycles. The van der Waals surface area contributed by atoms with Crippen LogP contribution in [0.1, 0.15) is 32.6 Å². The number of hydrogen-bond donors (Lipinski definition) is 1. The molecule has 80 valence electrons. The Hall–Kier alpha value is -0.990. The lowest BCUT2D eigenvalue weighted by atomic mass is 9.87. The fourth-order valence-electron chi connectivity index (χ4n) is 1.75. The summed E-state index contributed by atoms with van der Waals surface area (Å²) in [7, 11) is 1.38. The lowest BCUT2D eigenvalue weighted by Gasteiger charge is -2.26. The molecule has 0 bridgehead atoms. The van der Waals surface area contributed by atoms with E-state index in [1.807, 2.05) is 0 Å². The summed E-state index contributed by atoms with van der Waals surface area (Å²) in [6, 6.07) is 0.534. The molecule has 3 nitrogen and oxygen atoms in total. The number of carbonyl (C=O) groups excluding carboxylic acids is 1. The predicted octanol–water partition coefficient (Wildman–Crippen LogP) is 1.84. The highest BCUT2D eigenvalue weighted by Gasteiger charge is 2.16. The van der Waals surface area contributed by atoms with Gasteiger partial charge in [-0.1, -0.05) is 6.92 Å². The first kappa shape index (κ1) is 11.1. The molecule has 0 amide bonds. The fourth-order valence-corrected chi connectivity index (χ4v) is 1.75. The van der Waals surface area contributed by atoms with Gasteiger partial charge >= 0.3 is 5.97 Å². The second-order valence-corrected chi connectivity index (χ2v) is 3.98. The molecule has 0 heterocycles. The van der Waals surface area contributed by atoms with Crippen molar-refractivity contribution in [2.75, 3.05) is 7.11 Å². The third-order valence-electron chi connectivity index (χ3n) is 2.77. The summed E-state index contributed by atoms with van der Waals surface area (Å²) in [6.45, 7) is 2.29. The van der Waals surface area contributed by atoms with E-state index in [4.69, 9.17) is 0 Å². The van der Waals surface area contributed by atoms with Gasteiger partial charge in [0.2, 0.25) is 0 Å². The molecule has 0 saturated heterocycles. The highest BCUT2D eigenvalue weighted by molar-refractivity contribution is 5.81. The first-order valence-electron chi connectivity index (χ1n) is 5.23. The third kappa shape index (κ3) is 3.81. The minimum Gasteiger partial charge on any atom is -0.466 e. The van der Waals surface area contributed by atoms with E-state index >= 15 is 0 Å². The average Bonchev–Trinajstić information content (AvgIpc) is 2.21. The molecular weight excluding hydrogens is 178 g/mol. The molecule has 1 rings (SSSR count). The van der Waals surface area contributed by atoms with E-state index in [1.54, 1.807) is 6.20 Å². The summed E-state index contributed by atoms with van der Waals surface area (Å²) in [6.07, 6.45) is 8.09. The Kier molecular flexibility index (Phi) is 4.50. The van der Waals surface area contributed by atoms with Gasteiger partial charge in [0.1, 0.15) is 0 Å². The Morgan fingerprint density at radius 3 is 2.57 bits per heavy atom. The van der Waals surface area contributed by atoms with Crippen LogP contribution in [0, 0.1) is 5.92 Å². The molecule has 1 N–H and O–H groups in total. The molecule has 14 heavy (non-hydrogen) atoms. The van der Waals surface area contributed by atoms with Crippen LogP contribution in [0.15, 0.2) is 12.3 Å². The van der Waals surface area contributed by atoms with Gasteiger partial charge in [0, 0.05) is 18.3 Å². The highest BCUT2D eigenvalue weighted by atomic mass is 16.5. The predicted molar refractivity (Wildman–Crippen MR) is 55.7 cm³/mol. The Morgan fingerprint density at radius 2 is 2.00 bits per heavy atom. The first-order chi connectivity index (χ1) is 6.72. The van der Waals surface area contributed by atoms with Crippen LogP contribution >= 0.6 is 0 Å². The van der Waals surface area contributed by atoms with Gasteiger partial charge in [-0.2, -0.15) is 0 Å². The van der Waals surface area contributed by atoms with Crippen LogP contribution in [-0.4, -0.2) is 19.1 Å². The van der Waals surface area contributed by atoms with Crippen molar-refractivity contribution in [2.24, 2.45) is 5.92 Å². The van der Waals surface area contributed by atoms with E-state index in [1.165, 1.54) is 38.9 Å². The number of rotatable bonds is 3. The van der Waals surface area contributed by atoms with Crippen LogP contribution in [0.3, 0.4) is 0 Å². The van der Waals surface area contributed by atoms with Crippen molar-refractivity contribution in [3.05, 3.63) is 12.3 Å². The first-order valence-corrected chi connectivity index (χ1v) is 5.23. The number of methoxy groups -OCH3 is 1. The summed E-state index contributed by atoms with van der Waals surface area (Å²) in [5.74, 6) is 0.555. The quantitative estimate of drug-likeness (QED) is 0.554. The topological polar surface area (TPSA) is 38.3 Å². The van der Waals surface area contributed by atoms with Gasteiger partial charge in [0.05, 0.1) is 7.11 Å². The zero-order chi connectivity index (χ0) is 10.4. The minimum absolute atomic E-state index is 0.304. The largest absolute Gasteiger partial charge is 0.466 e. The second kappa shape index (κ2) is 5.68. The molecule has 1 aliphatic rings. The average molecular weight is 197 g/mol. The van der Waals surface area contributed by atoms with Crippen LogP contribution in [0.4, 0.5) is 0 Å². The standard InChI is InChI=1S/C11H19NO2/c1-9-3-5-10(6-4-9)12-8-7-11(13)14-2/h7-10,12H,3-6H2,1-2H3/b8-7+. The summed E-state index contributed by atoms with van der Waals surface area (Å²) in [5, 5.41) is 3.23. The summed E-state index contributed by atoms with van der Waals surface area (Å²) >= 11 is 0. The van der Waals surface area contributed by atoms with Crippen LogP contribution in [0.5, 0.6) is 0 Å². The van der Waals surface area contributed by atoms with Gasteiger partial charge in [-0.05, 0) is 31.6 Å². The van der Waals surface area contributed by atoms with Crippen molar-refractivity contribution in [1.29, 1.82) is 0 Å². The van der Waals surface area contributed by atoms with Gasteiger partial charge < -0.3 is 10.1 Å². The van der Waals surface area contributed by atoms with E-state index in [-0.39, 0.29) is 5.97 Å². The van der Waals surface area contributed by atoms with E-state index in [9.17, 15) is 4.79 Å². The maximum absolute atomic E-state index is 10.8. The number of esters is 1. The van der Waals surface area contributed by atoms with Crippen molar-refractivity contribution >= 4 is 5.97 Å². The molecule has 1 saturated carbocycles. The fraction of sp³-hybridized carbons (Fsp3) is 0.727. The van der Waals surface area contributed by atoms with Gasteiger partial charge in [-0.3, -0.25) is 0 Å². The van der Waals surface area contributed by atoms with Crippen LogP contribution in [-0.2, 0) is 9.53 Å². The molecule has 0 unspecified atom stereocenters. The minimum atomic E-state index is -0.304. The number of ether oxygens (including phenoxy) is 1. The maximum Gasteiger partial charge on any atom is 0.331 e. The van der Waals surface area contributed by atoms with Crippen LogP contribution < -0.4 is 5.32 Å². The smallest absolute Gasteiger partial charge is 0.331 e. The zero-order valence-corrected chi connectivity index (χ0v) is 8.95. The summed E-state index contributed by atoms with van der Waals surface area (Å²) in [5.41, 5.74) is 0. The van der Waals surface area contributed by atoms with Gasteiger partial charge in [-0.25, -0.2) is 4.79 Å². The molecule has 0 radical (unpaired) electrons. The van der Waals surface area contributed by atoms with Crippen LogP contribution in [0.25, 0.3) is 0 Å². The number of carbonyl (C=O) groups is 1. The SMILES string of the molecule is COC(=O)/C=C/NC1CCC(C)CC1. The second-order valence-electron chi connectivity index (χ2n) is 3.98. The van der Waals surface area contributed by atoms with Gasteiger partial charge in [0.25, 0.3) is 0 Å². The van der Waals surface area contributed by atoms with Crippen molar-refractivity contribution < 1.29 is 9.53 Å². The molecular formula is C11H19NO2. The summed E-state index contributed by atoms with van der Waals surface area (Å²) in [4.78, 5) is 10.8. The molecule has 0 atom stereocenters. The third-order valence-corrected chi connectivity index (χ3v) is 2.77. The van der Waals surface area contributed by atoms with Crippen molar-refractivity contribution in [1.82, 2.24) is 5.32 Å². The van der Waals surface area contributed by atoms with Crippen molar-refractivity contribution in [3.8, 4) is 0 Å². The van der Waals surface area contributed by atoms with E-state index in [0.29, 0.717) is 6.04 Å². The molecule has 3 heteroatoms. The maximum atomic E-state index is 10.8. The molecule has 1 fully saturated rings. The molecule has 0 aromatic carbocycles. The lowest BCUT2D eigenvalue weighted by Crippen LogP contribution is -2.29. The molecule has 0 spiro atoms. The highest BCUT2D eigenvalue weighted by Crippen LogP contribution is 2.23. The zero-order valence-electron chi connectivity index (χ0n) is 8.95. The Morgan fingerprint density at radius 1 is 1.36 bits per heavy atom. The molecule has 0 aliphatic heterocycles. The van der Waals surface area contributed by atoms with E-state index in [2.05, 4.69) is 17.0 Å². The summed E-state index contributed by atoms with van der Waals surface area (Å²) < 4.78 is 4.49. The van der Waals surface area contributed by atoms with E-state index < -0.39 is 0 Å².